The molecule has 0 bridgehead atoms. The van der Waals surface area contributed by atoms with Gasteiger partial charge in [-0.3, -0.25) is 0 Å². The molecule has 3 nitrogen and oxygen atoms in total. The number of piperidine rings is 1. The van der Waals surface area contributed by atoms with E-state index in [4.69, 9.17) is 5.73 Å². The molecule has 0 aromatic rings. The van der Waals surface area contributed by atoms with E-state index in [2.05, 4.69) is 43.1 Å². The SMILES string of the molecule is C/C=C/CCNC1(CN)CCN(CC(C)C)CC1. The van der Waals surface area contributed by atoms with Crippen LogP contribution in [0.2, 0.25) is 0 Å². The van der Waals surface area contributed by atoms with Crippen molar-refractivity contribution in [2.45, 2.75) is 45.6 Å². The second-order valence-corrected chi connectivity index (χ2v) is 5.96. The van der Waals surface area contributed by atoms with Gasteiger partial charge in [0, 0.05) is 18.6 Å². The summed E-state index contributed by atoms with van der Waals surface area (Å²) >= 11 is 0. The molecule has 0 amide bonds. The van der Waals surface area contributed by atoms with Crippen molar-refractivity contribution >= 4 is 0 Å². The second-order valence-electron chi connectivity index (χ2n) is 5.96. The third kappa shape index (κ3) is 5.09. The van der Waals surface area contributed by atoms with Gasteiger partial charge in [0.25, 0.3) is 0 Å². The van der Waals surface area contributed by atoms with Crippen LogP contribution in [0.25, 0.3) is 0 Å². The van der Waals surface area contributed by atoms with E-state index >= 15 is 0 Å². The lowest BCUT2D eigenvalue weighted by Crippen LogP contribution is -2.58. The molecule has 0 atom stereocenters. The van der Waals surface area contributed by atoms with E-state index in [1.807, 2.05) is 0 Å². The highest BCUT2D eigenvalue weighted by Crippen LogP contribution is 2.22. The first kappa shape index (κ1) is 15.7. The number of rotatable bonds is 7. The Kier molecular flexibility index (Phi) is 6.90. The molecule has 3 N–H and O–H groups in total. The minimum absolute atomic E-state index is 0.190. The molecule has 0 spiro atoms. The van der Waals surface area contributed by atoms with Gasteiger partial charge in [-0.15, -0.1) is 0 Å². The third-order valence-electron chi connectivity index (χ3n) is 3.87. The van der Waals surface area contributed by atoms with Gasteiger partial charge in [0.2, 0.25) is 0 Å². The number of nitrogens with two attached hydrogens (primary N) is 1. The number of allylic oxidation sites excluding steroid dienone is 1. The number of nitrogens with zero attached hydrogens (tertiary/aromatic N) is 1. The highest BCUT2D eigenvalue weighted by molar-refractivity contribution is 4.95. The molecule has 106 valence electrons. The molecule has 1 saturated heterocycles. The van der Waals surface area contributed by atoms with E-state index in [1.165, 1.54) is 32.5 Å². The quantitative estimate of drug-likeness (QED) is 0.538. The summed E-state index contributed by atoms with van der Waals surface area (Å²) in [7, 11) is 0. The fourth-order valence-corrected chi connectivity index (χ4v) is 2.72. The lowest BCUT2D eigenvalue weighted by atomic mass is 9.87. The largest absolute Gasteiger partial charge is 0.329 e. The van der Waals surface area contributed by atoms with Gasteiger partial charge < -0.3 is 16.0 Å². The van der Waals surface area contributed by atoms with Gasteiger partial charge in [0.05, 0.1) is 0 Å². The monoisotopic (exact) mass is 253 g/mol. The van der Waals surface area contributed by atoms with Gasteiger partial charge >= 0.3 is 0 Å². The van der Waals surface area contributed by atoms with Gasteiger partial charge in [-0.25, -0.2) is 0 Å². The van der Waals surface area contributed by atoms with Crippen molar-refractivity contribution in [3.63, 3.8) is 0 Å². The smallest absolute Gasteiger partial charge is 0.0328 e. The molecule has 1 aliphatic rings. The molecule has 1 heterocycles. The molecule has 0 radical (unpaired) electrons. The van der Waals surface area contributed by atoms with Crippen molar-refractivity contribution < 1.29 is 0 Å². The first-order valence-electron chi connectivity index (χ1n) is 7.40. The topological polar surface area (TPSA) is 41.3 Å². The number of hydrogen-bond donors (Lipinski definition) is 2. The molecule has 18 heavy (non-hydrogen) atoms. The van der Waals surface area contributed by atoms with Gasteiger partial charge in [0.1, 0.15) is 0 Å². The molecule has 0 aromatic heterocycles. The summed E-state index contributed by atoms with van der Waals surface area (Å²) in [6, 6.07) is 0. The first-order valence-corrected chi connectivity index (χ1v) is 7.40. The molecular weight excluding hydrogens is 222 g/mol. The predicted octanol–water partition coefficient (Wildman–Crippen LogP) is 1.99. The molecule has 1 rings (SSSR count). The zero-order chi connectivity index (χ0) is 13.4. The Hall–Kier alpha value is -0.380. The van der Waals surface area contributed by atoms with Crippen molar-refractivity contribution in [3.05, 3.63) is 12.2 Å². The zero-order valence-electron chi connectivity index (χ0n) is 12.4. The number of hydrogen-bond acceptors (Lipinski definition) is 3. The van der Waals surface area contributed by atoms with Gasteiger partial charge in [-0.2, -0.15) is 0 Å². The zero-order valence-corrected chi connectivity index (χ0v) is 12.4. The third-order valence-corrected chi connectivity index (χ3v) is 3.87. The molecule has 0 aromatic carbocycles. The van der Waals surface area contributed by atoms with Crippen molar-refractivity contribution in [1.29, 1.82) is 0 Å². The standard InChI is InChI=1S/C15H31N3/c1-4-5-6-9-17-15(13-16)7-10-18(11-8-15)12-14(2)3/h4-5,14,17H,6-13,16H2,1-3H3/b5-4+. The Bertz CT molecular complexity index is 240. The Morgan fingerprint density at radius 2 is 2.00 bits per heavy atom. The first-order chi connectivity index (χ1) is 8.62. The molecular formula is C15H31N3. The maximum Gasteiger partial charge on any atom is 0.0328 e. The molecule has 0 saturated carbocycles. The van der Waals surface area contributed by atoms with Gasteiger partial charge in [0.15, 0.2) is 0 Å². The molecule has 0 unspecified atom stereocenters. The Labute approximate surface area is 113 Å². The fourth-order valence-electron chi connectivity index (χ4n) is 2.72. The Morgan fingerprint density at radius 3 is 2.50 bits per heavy atom. The number of nitrogens with one attached hydrogen (secondary N) is 1. The van der Waals surface area contributed by atoms with E-state index in [0.29, 0.717) is 0 Å². The van der Waals surface area contributed by atoms with Crippen molar-refractivity contribution in [2.24, 2.45) is 11.7 Å². The van der Waals surface area contributed by atoms with Crippen LogP contribution in [0.15, 0.2) is 12.2 Å². The summed E-state index contributed by atoms with van der Waals surface area (Å²) in [5.41, 5.74) is 6.19. The van der Waals surface area contributed by atoms with Crippen LogP contribution in [0.1, 0.15) is 40.0 Å². The van der Waals surface area contributed by atoms with E-state index in [1.54, 1.807) is 0 Å². The summed E-state index contributed by atoms with van der Waals surface area (Å²) in [4.78, 5) is 2.58. The van der Waals surface area contributed by atoms with Crippen LogP contribution in [0.3, 0.4) is 0 Å². The van der Waals surface area contributed by atoms with Crippen molar-refractivity contribution in [2.75, 3.05) is 32.7 Å². The van der Waals surface area contributed by atoms with E-state index in [-0.39, 0.29) is 5.54 Å². The van der Waals surface area contributed by atoms with Crippen molar-refractivity contribution in [1.82, 2.24) is 10.2 Å². The van der Waals surface area contributed by atoms with E-state index in [0.717, 1.165) is 25.4 Å². The summed E-state index contributed by atoms with van der Waals surface area (Å²) in [5, 5.41) is 3.69. The molecule has 3 heteroatoms. The molecule has 1 fully saturated rings. The van der Waals surface area contributed by atoms with Crippen LogP contribution in [0.4, 0.5) is 0 Å². The van der Waals surface area contributed by atoms with Gasteiger partial charge in [-0.05, 0) is 51.7 Å². The highest BCUT2D eigenvalue weighted by Gasteiger charge is 2.32. The van der Waals surface area contributed by atoms with Crippen LogP contribution in [-0.4, -0.2) is 43.2 Å². The molecule has 1 aliphatic heterocycles. The second kappa shape index (κ2) is 7.93. The average molecular weight is 253 g/mol. The number of likely N-dealkylation sites (tertiary alicyclic amines) is 1. The van der Waals surface area contributed by atoms with Gasteiger partial charge in [-0.1, -0.05) is 26.0 Å². The normalized spacial score (nSPS) is 20.9. The lowest BCUT2D eigenvalue weighted by molar-refractivity contribution is 0.129. The Balaban J connectivity index is 2.34. The van der Waals surface area contributed by atoms with E-state index in [9.17, 15) is 0 Å². The van der Waals surface area contributed by atoms with Crippen LogP contribution < -0.4 is 11.1 Å². The predicted molar refractivity (Wildman–Crippen MR) is 79.7 cm³/mol. The summed E-state index contributed by atoms with van der Waals surface area (Å²) in [6.07, 6.45) is 7.80. The maximum absolute atomic E-state index is 6.00. The van der Waals surface area contributed by atoms with E-state index < -0.39 is 0 Å². The van der Waals surface area contributed by atoms with Crippen LogP contribution in [-0.2, 0) is 0 Å². The van der Waals surface area contributed by atoms with Crippen LogP contribution >= 0.6 is 0 Å². The van der Waals surface area contributed by atoms with Crippen LogP contribution in [0, 0.1) is 5.92 Å². The molecule has 0 aliphatic carbocycles. The summed E-state index contributed by atoms with van der Waals surface area (Å²) in [6.45, 7) is 12.1. The Morgan fingerprint density at radius 1 is 1.33 bits per heavy atom. The summed E-state index contributed by atoms with van der Waals surface area (Å²) in [5.74, 6) is 0.762. The minimum Gasteiger partial charge on any atom is -0.329 e. The highest BCUT2D eigenvalue weighted by atomic mass is 15.2. The minimum atomic E-state index is 0.190. The van der Waals surface area contributed by atoms with Crippen molar-refractivity contribution in [3.8, 4) is 0 Å². The average Bonchev–Trinajstić information content (AvgIpc) is 2.36. The van der Waals surface area contributed by atoms with Crippen LogP contribution in [0.5, 0.6) is 0 Å². The lowest BCUT2D eigenvalue weighted by Gasteiger charge is -2.42. The fraction of sp³-hybridized carbons (Fsp3) is 0.867. The maximum atomic E-state index is 6.00. The summed E-state index contributed by atoms with van der Waals surface area (Å²) < 4.78 is 0.